The van der Waals surface area contributed by atoms with Gasteiger partial charge in [-0.3, -0.25) is 4.79 Å². The van der Waals surface area contributed by atoms with E-state index in [9.17, 15) is 9.59 Å². The summed E-state index contributed by atoms with van der Waals surface area (Å²) in [7, 11) is 0. The highest BCUT2D eigenvalue weighted by Gasteiger charge is 2.45. The number of carbonyl (C=O) groups is 2. The van der Waals surface area contributed by atoms with E-state index in [2.05, 4.69) is 10.4 Å². The highest BCUT2D eigenvalue weighted by Crippen LogP contribution is 2.32. The van der Waals surface area contributed by atoms with E-state index in [4.69, 9.17) is 26.4 Å². The summed E-state index contributed by atoms with van der Waals surface area (Å²) in [6.07, 6.45) is -0.792. The molecule has 3 aliphatic rings. The quantitative estimate of drug-likeness (QED) is 0.571. The van der Waals surface area contributed by atoms with Gasteiger partial charge in [0, 0.05) is 12.0 Å². The Hall–Kier alpha value is -2.43. The third kappa shape index (κ3) is 2.18. The number of nitrogens with zero attached hydrogens (tertiary/aromatic N) is 4. The lowest BCUT2D eigenvalue weighted by Crippen LogP contribution is -2.37. The second kappa shape index (κ2) is 5.28. The molecule has 1 aromatic carbocycles. The first-order chi connectivity index (χ1) is 12.1. The maximum atomic E-state index is 12.0. The van der Waals surface area contributed by atoms with Gasteiger partial charge in [-0.05, 0) is 40.8 Å². The van der Waals surface area contributed by atoms with Crippen LogP contribution in [0.4, 0.5) is 0 Å². The van der Waals surface area contributed by atoms with Gasteiger partial charge in [-0.1, -0.05) is 0 Å². The molecular formula is C15H12N4O5S. The van der Waals surface area contributed by atoms with Gasteiger partial charge in [-0.25, -0.2) is 9.48 Å². The van der Waals surface area contributed by atoms with Gasteiger partial charge in [0.05, 0.1) is 23.9 Å². The number of Topliss-reactive ketones (excluding diaryl/α,β-unsaturated/α-hetero) is 1. The standard InChI is InChI=1S/C15H12N4O5S/c20-11-4-10(12-6-23-14(11)24-12)19-15(25)18(16-17-19)8-1-2-9-7(3-8)5-22-13(9)21/h1-3,10,12,14H,4-6H2/t10-,12-,14-/m0/s1. The molecule has 0 aliphatic carbocycles. The largest absolute Gasteiger partial charge is 0.457 e. The van der Waals surface area contributed by atoms with Crippen LogP contribution in [0.3, 0.4) is 0 Å². The van der Waals surface area contributed by atoms with Crippen molar-refractivity contribution < 1.29 is 23.8 Å². The van der Waals surface area contributed by atoms with Crippen LogP contribution in [-0.2, 0) is 25.6 Å². The molecule has 0 unspecified atom stereocenters. The Morgan fingerprint density at radius 3 is 3.00 bits per heavy atom. The zero-order chi connectivity index (χ0) is 17.1. The minimum Gasteiger partial charge on any atom is -0.457 e. The number of cyclic esters (lactones) is 1. The van der Waals surface area contributed by atoms with Gasteiger partial charge < -0.3 is 14.2 Å². The maximum absolute atomic E-state index is 12.0. The summed E-state index contributed by atoms with van der Waals surface area (Å²) in [4.78, 5) is 23.5. The fraction of sp³-hybridized carbons (Fsp3) is 0.400. The van der Waals surface area contributed by atoms with E-state index in [-0.39, 0.29) is 36.9 Å². The van der Waals surface area contributed by atoms with Crippen LogP contribution >= 0.6 is 12.2 Å². The van der Waals surface area contributed by atoms with Crippen molar-refractivity contribution in [2.75, 3.05) is 6.61 Å². The molecule has 0 amide bonds. The lowest BCUT2D eigenvalue weighted by molar-refractivity contribution is -0.156. The van der Waals surface area contributed by atoms with Gasteiger partial charge in [-0.2, -0.15) is 4.68 Å². The van der Waals surface area contributed by atoms with Crippen molar-refractivity contribution in [1.29, 1.82) is 0 Å². The predicted octanol–water partition coefficient (Wildman–Crippen LogP) is 0.724. The Bertz CT molecular complexity index is 967. The number of benzene rings is 1. The average Bonchev–Trinajstić information content (AvgIpc) is 3.30. The van der Waals surface area contributed by atoms with Gasteiger partial charge in [0.1, 0.15) is 12.7 Å². The molecule has 2 bridgehead atoms. The zero-order valence-corrected chi connectivity index (χ0v) is 13.6. The SMILES string of the molecule is O=C1OCc2cc(-n3nnn([C@H]4CC(=O)[C@H]5OC[C@@H]4O5)c3=S)ccc21. The molecule has 3 aliphatic heterocycles. The summed E-state index contributed by atoms with van der Waals surface area (Å²) >= 11 is 5.49. The maximum Gasteiger partial charge on any atom is 0.338 e. The predicted molar refractivity (Wildman–Crippen MR) is 82.6 cm³/mol. The van der Waals surface area contributed by atoms with Crippen LogP contribution in [0.15, 0.2) is 18.2 Å². The van der Waals surface area contributed by atoms with Crippen LogP contribution < -0.4 is 0 Å². The molecule has 9 nitrogen and oxygen atoms in total. The van der Waals surface area contributed by atoms with E-state index >= 15 is 0 Å². The van der Waals surface area contributed by atoms with Gasteiger partial charge in [-0.15, -0.1) is 0 Å². The smallest absolute Gasteiger partial charge is 0.338 e. The molecule has 3 atom stereocenters. The molecule has 5 rings (SSSR count). The molecule has 0 radical (unpaired) electrons. The van der Waals surface area contributed by atoms with E-state index in [1.54, 1.807) is 18.2 Å². The molecule has 1 aromatic heterocycles. The van der Waals surface area contributed by atoms with Crippen LogP contribution in [0.25, 0.3) is 5.69 Å². The van der Waals surface area contributed by atoms with Crippen LogP contribution in [0, 0.1) is 4.77 Å². The summed E-state index contributed by atoms with van der Waals surface area (Å²) in [6.45, 7) is 0.559. The number of hydrogen-bond acceptors (Lipinski definition) is 8. The number of ketones is 1. The number of hydrogen-bond donors (Lipinski definition) is 0. The van der Waals surface area contributed by atoms with Gasteiger partial charge in [0.2, 0.25) is 11.1 Å². The molecule has 25 heavy (non-hydrogen) atoms. The van der Waals surface area contributed by atoms with Gasteiger partial charge >= 0.3 is 5.97 Å². The summed E-state index contributed by atoms with van der Waals surface area (Å²) in [5.41, 5.74) is 2.00. The normalized spacial score (nSPS) is 27.4. The molecule has 2 fully saturated rings. The summed E-state index contributed by atoms with van der Waals surface area (Å²) in [6, 6.07) is 4.87. The van der Waals surface area contributed by atoms with Crippen LogP contribution in [-0.4, -0.2) is 50.5 Å². The van der Waals surface area contributed by atoms with Crippen LogP contribution in [0.1, 0.15) is 28.4 Å². The van der Waals surface area contributed by atoms with E-state index in [0.717, 1.165) is 5.56 Å². The van der Waals surface area contributed by atoms with Crippen molar-refractivity contribution >= 4 is 24.0 Å². The number of tetrazole rings is 1. The van der Waals surface area contributed by atoms with Crippen molar-refractivity contribution in [3.63, 3.8) is 0 Å². The number of aromatic nitrogens is 4. The molecule has 4 heterocycles. The van der Waals surface area contributed by atoms with Crippen molar-refractivity contribution in [3.8, 4) is 5.69 Å². The number of carbonyl (C=O) groups excluding carboxylic acids is 2. The van der Waals surface area contributed by atoms with E-state index in [0.29, 0.717) is 22.6 Å². The van der Waals surface area contributed by atoms with Crippen molar-refractivity contribution in [1.82, 2.24) is 19.8 Å². The molecule has 128 valence electrons. The molecule has 2 aromatic rings. The minimum absolute atomic E-state index is 0.122. The summed E-state index contributed by atoms with van der Waals surface area (Å²) in [5, 5.41) is 8.22. The second-order valence-corrected chi connectivity index (χ2v) is 6.48. The third-order valence-corrected chi connectivity index (χ3v) is 5.00. The number of ether oxygens (including phenoxy) is 3. The molecule has 0 saturated carbocycles. The first-order valence-corrected chi connectivity index (χ1v) is 8.17. The van der Waals surface area contributed by atoms with Crippen LogP contribution in [0.2, 0.25) is 0 Å². The Labute approximate surface area is 146 Å². The van der Waals surface area contributed by atoms with Gasteiger partial charge in [0.25, 0.3) is 0 Å². The first kappa shape index (κ1) is 14.9. The summed E-state index contributed by atoms with van der Waals surface area (Å²) < 4.78 is 19.2. The summed E-state index contributed by atoms with van der Waals surface area (Å²) in [5.74, 6) is -0.453. The first-order valence-electron chi connectivity index (χ1n) is 7.76. The van der Waals surface area contributed by atoms with E-state index in [1.807, 2.05) is 0 Å². The lowest BCUT2D eigenvalue weighted by Gasteiger charge is -2.25. The van der Waals surface area contributed by atoms with E-state index in [1.165, 1.54) is 9.36 Å². The van der Waals surface area contributed by atoms with Crippen molar-refractivity contribution in [2.24, 2.45) is 0 Å². The zero-order valence-electron chi connectivity index (χ0n) is 12.8. The number of rotatable bonds is 2. The molecule has 2 saturated heterocycles. The molecular weight excluding hydrogens is 348 g/mol. The second-order valence-electron chi connectivity index (χ2n) is 6.11. The van der Waals surface area contributed by atoms with Crippen molar-refractivity contribution in [2.45, 2.75) is 31.5 Å². The Balaban J connectivity index is 1.52. The fourth-order valence-corrected chi connectivity index (χ4v) is 3.66. The number of esters is 1. The average molecular weight is 360 g/mol. The highest BCUT2D eigenvalue weighted by atomic mass is 32.1. The molecule has 0 spiro atoms. The Morgan fingerprint density at radius 1 is 1.24 bits per heavy atom. The van der Waals surface area contributed by atoms with Gasteiger partial charge in [0.15, 0.2) is 5.78 Å². The third-order valence-electron chi connectivity index (χ3n) is 4.64. The minimum atomic E-state index is -0.764. The molecule has 10 heteroatoms. The number of fused-ring (bicyclic) bond motifs is 3. The fourth-order valence-electron chi connectivity index (χ4n) is 3.35. The van der Waals surface area contributed by atoms with E-state index < -0.39 is 6.29 Å². The van der Waals surface area contributed by atoms with Crippen LogP contribution in [0.5, 0.6) is 0 Å². The monoisotopic (exact) mass is 360 g/mol. The topological polar surface area (TPSA) is 97.5 Å². The highest BCUT2D eigenvalue weighted by molar-refractivity contribution is 7.71. The Morgan fingerprint density at radius 2 is 2.12 bits per heavy atom. The lowest BCUT2D eigenvalue weighted by atomic mass is 10.0. The Kier molecular flexibility index (Phi) is 3.14. The van der Waals surface area contributed by atoms with Crippen molar-refractivity contribution in [3.05, 3.63) is 34.1 Å². The molecule has 0 N–H and O–H groups in total.